The first kappa shape index (κ1) is 14.6. The van der Waals surface area contributed by atoms with Gasteiger partial charge in [-0.3, -0.25) is 0 Å². The van der Waals surface area contributed by atoms with E-state index in [1.54, 1.807) is 6.92 Å². The zero-order valence-corrected chi connectivity index (χ0v) is 11.6. The van der Waals surface area contributed by atoms with E-state index in [1.807, 2.05) is 39.0 Å². The predicted molar refractivity (Wildman–Crippen MR) is 72.1 cm³/mol. The largest absolute Gasteiger partial charge is 0.478 e. The van der Waals surface area contributed by atoms with Crippen LogP contribution in [-0.4, -0.2) is 16.7 Å². The highest BCUT2D eigenvalue weighted by Gasteiger charge is 2.35. The van der Waals surface area contributed by atoms with E-state index >= 15 is 0 Å². The Balaban J connectivity index is 2.96. The molecule has 0 saturated carbocycles. The Morgan fingerprint density at radius 1 is 1.39 bits per heavy atom. The Kier molecular flexibility index (Phi) is 4.76. The Morgan fingerprint density at radius 3 is 2.61 bits per heavy atom. The summed E-state index contributed by atoms with van der Waals surface area (Å²) in [5.41, 5.74) is 0.887. The summed E-state index contributed by atoms with van der Waals surface area (Å²) in [6, 6.07) is 5.83. The van der Waals surface area contributed by atoms with Gasteiger partial charge < -0.3 is 9.84 Å². The summed E-state index contributed by atoms with van der Waals surface area (Å²) in [6.45, 7) is 7.58. The molecule has 1 N–H and O–H groups in total. The van der Waals surface area contributed by atoms with Crippen molar-refractivity contribution in [3.63, 3.8) is 0 Å². The van der Waals surface area contributed by atoms with Gasteiger partial charge in [-0.05, 0) is 50.8 Å². The lowest BCUT2D eigenvalue weighted by Gasteiger charge is -2.27. The van der Waals surface area contributed by atoms with Crippen LogP contribution in [-0.2, 0) is 4.79 Å². The van der Waals surface area contributed by atoms with Crippen molar-refractivity contribution < 1.29 is 14.6 Å². The molecule has 3 heteroatoms. The minimum absolute atomic E-state index is 0.520. The van der Waals surface area contributed by atoms with Crippen molar-refractivity contribution in [2.75, 3.05) is 0 Å². The van der Waals surface area contributed by atoms with Crippen LogP contribution in [0.25, 0.3) is 0 Å². The second-order valence-corrected chi connectivity index (χ2v) is 5.01. The molecule has 0 spiro atoms. The molecule has 0 aliphatic carbocycles. The maximum atomic E-state index is 11.4. The minimum atomic E-state index is -1.14. The normalized spacial score (nSPS) is 14.0. The molecule has 1 aromatic rings. The smallest absolute Gasteiger partial charge is 0.347 e. The van der Waals surface area contributed by atoms with E-state index in [1.165, 1.54) is 0 Å². The van der Waals surface area contributed by atoms with Crippen molar-refractivity contribution in [1.29, 1.82) is 0 Å². The van der Waals surface area contributed by atoms with Crippen molar-refractivity contribution >= 4 is 5.97 Å². The fourth-order valence-electron chi connectivity index (χ4n) is 1.78. The van der Waals surface area contributed by atoms with Crippen LogP contribution < -0.4 is 4.74 Å². The molecular weight excluding hydrogens is 228 g/mol. The number of aryl methyl sites for hydroxylation is 2. The summed E-state index contributed by atoms with van der Waals surface area (Å²) in [6.07, 6.45) is 2.32. The average Bonchev–Trinajstić information content (AvgIpc) is 2.31. The number of benzene rings is 1. The number of hydrogen-bond acceptors (Lipinski definition) is 2. The number of aliphatic carboxylic acids is 1. The third-order valence-corrected chi connectivity index (χ3v) is 3.14. The molecule has 3 nitrogen and oxygen atoms in total. The third-order valence-electron chi connectivity index (χ3n) is 3.14. The van der Waals surface area contributed by atoms with Gasteiger partial charge in [0.25, 0.3) is 0 Å². The monoisotopic (exact) mass is 250 g/mol. The summed E-state index contributed by atoms with van der Waals surface area (Å²) >= 11 is 0. The van der Waals surface area contributed by atoms with Crippen LogP contribution >= 0.6 is 0 Å². The lowest BCUT2D eigenvalue weighted by atomic mass is 9.98. The van der Waals surface area contributed by atoms with Gasteiger partial charge in [0.1, 0.15) is 5.75 Å². The van der Waals surface area contributed by atoms with Gasteiger partial charge in [0, 0.05) is 0 Å². The Hall–Kier alpha value is -1.51. The van der Waals surface area contributed by atoms with Crippen LogP contribution in [0.4, 0.5) is 0 Å². The summed E-state index contributed by atoms with van der Waals surface area (Å²) in [5, 5.41) is 9.36. The molecule has 18 heavy (non-hydrogen) atoms. The lowest BCUT2D eigenvalue weighted by molar-refractivity contribution is -0.154. The van der Waals surface area contributed by atoms with E-state index < -0.39 is 11.6 Å². The van der Waals surface area contributed by atoms with Crippen molar-refractivity contribution in [1.82, 2.24) is 0 Å². The maximum Gasteiger partial charge on any atom is 0.347 e. The van der Waals surface area contributed by atoms with Gasteiger partial charge in [-0.25, -0.2) is 4.79 Å². The minimum Gasteiger partial charge on any atom is -0.478 e. The SMILES string of the molecule is CCCCC(C)(Oc1cc(C)ccc1C)C(=O)O. The number of carboxylic acids is 1. The topological polar surface area (TPSA) is 46.5 Å². The first-order chi connectivity index (χ1) is 8.39. The number of carboxylic acid groups (broad SMARTS) is 1. The summed E-state index contributed by atoms with van der Waals surface area (Å²) in [4.78, 5) is 11.4. The van der Waals surface area contributed by atoms with Gasteiger partial charge >= 0.3 is 5.97 Å². The quantitative estimate of drug-likeness (QED) is 0.837. The van der Waals surface area contributed by atoms with E-state index in [9.17, 15) is 9.90 Å². The van der Waals surface area contributed by atoms with Crippen LogP contribution in [0.3, 0.4) is 0 Å². The molecule has 0 amide bonds. The molecule has 1 aromatic carbocycles. The van der Waals surface area contributed by atoms with Gasteiger partial charge in [-0.15, -0.1) is 0 Å². The van der Waals surface area contributed by atoms with Gasteiger partial charge in [0.2, 0.25) is 5.60 Å². The van der Waals surface area contributed by atoms with Crippen molar-refractivity contribution in [3.8, 4) is 5.75 Å². The standard InChI is InChI=1S/C15H22O3/c1-5-6-9-15(4,14(16)17)18-13-10-11(2)7-8-12(13)3/h7-8,10H,5-6,9H2,1-4H3,(H,16,17). The van der Waals surface area contributed by atoms with E-state index in [-0.39, 0.29) is 0 Å². The van der Waals surface area contributed by atoms with E-state index in [4.69, 9.17) is 4.74 Å². The first-order valence-electron chi connectivity index (χ1n) is 6.38. The number of rotatable bonds is 6. The molecule has 0 aliphatic heterocycles. The Morgan fingerprint density at radius 2 is 2.06 bits per heavy atom. The van der Waals surface area contributed by atoms with E-state index in [0.717, 1.165) is 24.0 Å². The summed E-state index contributed by atoms with van der Waals surface area (Å²) < 4.78 is 5.78. The molecule has 100 valence electrons. The second kappa shape index (κ2) is 5.89. The zero-order chi connectivity index (χ0) is 13.8. The van der Waals surface area contributed by atoms with E-state index in [0.29, 0.717) is 12.2 Å². The third kappa shape index (κ3) is 3.49. The molecular formula is C15H22O3. The molecule has 0 fully saturated rings. The molecule has 1 atom stereocenters. The zero-order valence-electron chi connectivity index (χ0n) is 11.6. The van der Waals surface area contributed by atoms with Crippen LogP contribution in [0, 0.1) is 13.8 Å². The number of ether oxygens (including phenoxy) is 1. The molecule has 0 saturated heterocycles. The molecule has 0 radical (unpaired) electrons. The number of hydrogen-bond donors (Lipinski definition) is 1. The summed E-state index contributed by atoms with van der Waals surface area (Å²) in [7, 11) is 0. The summed E-state index contributed by atoms with van der Waals surface area (Å²) in [5.74, 6) is -0.243. The number of unbranched alkanes of at least 4 members (excludes halogenated alkanes) is 1. The van der Waals surface area contributed by atoms with Crippen LogP contribution in [0.15, 0.2) is 18.2 Å². The van der Waals surface area contributed by atoms with Crippen LogP contribution in [0.5, 0.6) is 5.75 Å². The van der Waals surface area contributed by atoms with Gasteiger partial charge in [0.05, 0.1) is 0 Å². The predicted octanol–water partition coefficient (Wildman–Crippen LogP) is 3.72. The van der Waals surface area contributed by atoms with Gasteiger partial charge in [-0.2, -0.15) is 0 Å². The molecule has 1 unspecified atom stereocenters. The Bertz CT molecular complexity index is 426. The van der Waals surface area contributed by atoms with Crippen molar-refractivity contribution in [2.24, 2.45) is 0 Å². The molecule has 0 aliphatic rings. The second-order valence-electron chi connectivity index (χ2n) is 5.01. The fourth-order valence-corrected chi connectivity index (χ4v) is 1.78. The Labute approximate surface area is 109 Å². The molecule has 0 bridgehead atoms. The maximum absolute atomic E-state index is 11.4. The first-order valence-corrected chi connectivity index (χ1v) is 6.38. The fraction of sp³-hybridized carbons (Fsp3) is 0.533. The van der Waals surface area contributed by atoms with Crippen molar-refractivity contribution in [2.45, 2.75) is 52.6 Å². The van der Waals surface area contributed by atoms with Crippen LogP contribution in [0.2, 0.25) is 0 Å². The van der Waals surface area contributed by atoms with E-state index in [2.05, 4.69) is 0 Å². The van der Waals surface area contributed by atoms with Crippen LogP contribution in [0.1, 0.15) is 44.2 Å². The highest BCUT2D eigenvalue weighted by atomic mass is 16.5. The molecule has 0 aromatic heterocycles. The number of carbonyl (C=O) groups is 1. The van der Waals surface area contributed by atoms with Gasteiger partial charge in [0.15, 0.2) is 0 Å². The molecule has 0 heterocycles. The lowest BCUT2D eigenvalue weighted by Crippen LogP contribution is -2.41. The highest BCUT2D eigenvalue weighted by Crippen LogP contribution is 2.27. The van der Waals surface area contributed by atoms with Crippen molar-refractivity contribution in [3.05, 3.63) is 29.3 Å². The average molecular weight is 250 g/mol. The van der Waals surface area contributed by atoms with Gasteiger partial charge in [-0.1, -0.05) is 25.5 Å². The molecule has 1 rings (SSSR count). The highest BCUT2D eigenvalue weighted by molar-refractivity contribution is 5.77.